The molecule has 234 valence electrons. The van der Waals surface area contributed by atoms with Gasteiger partial charge in [-0.3, -0.25) is 4.57 Å². The third-order valence-corrected chi connectivity index (χ3v) is 9.32. The average molecular weight is 642 g/mol. The number of pyridine rings is 1. The summed E-state index contributed by atoms with van der Waals surface area (Å²) in [6.07, 6.45) is 1.83. The lowest BCUT2D eigenvalue weighted by Crippen LogP contribution is -2.05. The summed E-state index contributed by atoms with van der Waals surface area (Å²) in [5.74, 6) is 2.53. The molecular formula is C44H27N5O. The highest BCUT2D eigenvalue weighted by Crippen LogP contribution is 2.38. The molecule has 0 aliphatic carbocycles. The quantitative estimate of drug-likeness (QED) is 0.187. The first-order valence-corrected chi connectivity index (χ1v) is 16.6. The van der Waals surface area contributed by atoms with E-state index in [0.717, 1.165) is 77.4 Å². The van der Waals surface area contributed by atoms with Crippen LogP contribution in [0.4, 0.5) is 0 Å². The maximum absolute atomic E-state index is 6.11. The lowest BCUT2D eigenvalue weighted by atomic mass is 10.0. The van der Waals surface area contributed by atoms with E-state index < -0.39 is 0 Å². The Hall–Kier alpha value is -6.92. The van der Waals surface area contributed by atoms with Gasteiger partial charge in [0.2, 0.25) is 0 Å². The van der Waals surface area contributed by atoms with E-state index in [0.29, 0.717) is 17.5 Å². The van der Waals surface area contributed by atoms with Crippen molar-refractivity contribution in [2.45, 2.75) is 0 Å². The van der Waals surface area contributed by atoms with Gasteiger partial charge < -0.3 is 4.42 Å². The summed E-state index contributed by atoms with van der Waals surface area (Å²) < 4.78 is 8.34. The second-order valence-corrected chi connectivity index (χ2v) is 12.3. The number of fused-ring (bicyclic) bond motifs is 6. The third-order valence-electron chi connectivity index (χ3n) is 9.32. The third kappa shape index (κ3) is 4.58. The van der Waals surface area contributed by atoms with Gasteiger partial charge in [0.1, 0.15) is 17.0 Å². The number of para-hydroxylation sites is 2. The predicted octanol–water partition coefficient (Wildman–Crippen LogP) is 10.9. The first-order valence-electron chi connectivity index (χ1n) is 16.6. The van der Waals surface area contributed by atoms with Crippen molar-refractivity contribution < 1.29 is 4.42 Å². The smallest absolute Gasteiger partial charge is 0.167 e. The van der Waals surface area contributed by atoms with Crippen molar-refractivity contribution in [2.24, 2.45) is 0 Å². The van der Waals surface area contributed by atoms with Crippen LogP contribution in [0.15, 0.2) is 168 Å². The van der Waals surface area contributed by atoms with Crippen LogP contribution in [0.2, 0.25) is 0 Å². The highest BCUT2D eigenvalue weighted by molar-refractivity contribution is 6.11. The zero-order valence-corrected chi connectivity index (χ0v) is 26.7. The fraction of sp³-hybridized carbons (Fsp3) is 0. The number of furan rings is 1. The molecule has 0 bridgehead atoms. The lowest BCUT2D eigenvalue weighted by Gasteiger charge is -2.13. The number of hydrogen-bond acceptors (Lipinski definition) is 5. The van der Waals surface area contributed by atoms with Gasteiger partial charge >= 0.3 is 0 Å². The minimum absolute atomic E-state index is 0.559. The van der Waals surface area contributed by atoms with E-state index in [1.807, 2.05) is 91.1 Å². The lowest BCUT2D eigenvalue weighted by molar-refractivity contribution is 0.669. The zero-order valence-electron chi connectivity index (χ0n) is 26.7. The van der Waals surface area contributed by atoms with Crippen LogP contribution in [-0.2, 0) is 0 Å². The molecular weight excluding hydrogens is 615 g/mol. The van der Waals surface area contributed by atoms with E-state index in [1.54, 1.807) is 0 Å². The highest BCUT2D eigenvalue weighted by Gasteiger charge is 2.20. The first kappa shape index (κ1) is 28.1. The van der Waals surface area contributed by atoms with E-state index in [2.05, 4.69) is 77.4 Å². The Labute approximate surface area is 287 Å². The molecule has 4 heterocycles. The van der Waals surface area contributed by atoms with Crippen LogP contribution in [0, 0.1) is 0 Å². The summed E-state index contributed by atoms with van der Waals surface area (Å²) in [4.78, 5) is 20.0. The molecule has 0 unspecified atom stereocenters. The monoisotopic (exact) mass is 641 g/mol. The number of aromatic nitrogens is 5. The van der Waals surface area contributed by atoms with E-state index in [-0.39, 0.29) is 0 Å². The highest BCUT2D eigenvalue weighted by atomic mass is 16.3. The fourth-order valence-electron chi connectivity index (χ4n) is 6.97. The molecule has 4 aromatic heterocycles. The summed E-state index contributed by atoms with van der Waals surface area (Å²) in [7, 11) is 0. The molecule has 6 heteroatoms. The molecule has 0 atom stereocenters. The molecule has 6 nitrogen and oxygen atoms in total. The van der Waals surface area contributed by atoms with Gasteiger partial charge in [-0.15, -0.1) is 0 Å². The Balaban J connectivity index is 1.17. The largest absolute Gasteiger partial charge is 0.456 e. The average Bonchev–Trinajstić information content (AvgIpc) is 3.73. The van der Waals surface area contributed by atoms with Crippen LogP contribution in [0.3, 0.4) is 0 Å². The van der Waals surface area contributed by atoms with E-state index in [1.165, 1.54) is 0 Å². The molecule has 0 aliphatic heterocycles. The minimum atomic E-state index is 0.559. The Bertz CT molecular complexity index is 2820. The molecule has 0 saturated heterocycles. The van der Waals surface area contributed by atoms with Gasteiger partial charge in [-0.2, -0.15) is 0 Å². The maximum atomic E-state index is 6.11. The summed E-state index contributed by atoms with van der Waals surface area (Å²) in [5, 5.41) is 4.51. The van der Waals surface area contributed by atoms with Crippen molar-refractivity contribution in [1.82, 2.24) is 24.5 Å². The van der Waals surface area contributed by atoms with Crippen molar-refractivity contribution >= 4 is 43.7 Å². The van der Waals surface area contributed by atoms with Crippen LogP contribution < -0.4 is 0 Å². The van der Waals surface area contributed by atoms with Crippen molar-refractivity contribution in [2.75, 3.05) is 0 Å². The molecule has 0 radical (unpaired) electrons. The Morgan fingerprint density at radius 3 is 1.74 bits per heavy atom. The first-order chi connectivity index (χ1) is 24.8. The van der Waals surface area contributed by atoms with Crippen molar-refractivity contribution in [3.8, 4) is 51.1 Å². The number of benzene rings is 6. The van der Waals surface area contributed by atoms with E-state index in [9.17, 15) is 0 Å². The SMILES string of the molecule is c1ccc(-c2nc(-c3ccccc3)nc(-c3cccnc3-n3c4ccccc4c4cc(-c5ccc6oc7ccccc7c6c5)ccc43)n2)cc1. The van der Waals surface area contributed by atoms with E-state index >= 15 is 0 Å². The van der Waals surface area contributed by atoms with Gasteiger partial charge in [0.25, 0.3) is 0 Å². The molecule has 0 aliphatic rings. The summed E-state index contributed by atoms with van der Waals surface area (Å²) in [6.45, 7) is 0. The molecule has 10 aromatic rings. The predicted molar refractivity (Wildman–Crippen MR) is 201 cm³/mol. The summed E-state index contributed by atoms with van der Waals surface area (Å²) in [6, 6.07) is 53.8. The minimum Gasteiger partial charge on any atom is -0.456 e. The standard InChI is InChI=1S/C44H27N5O/c1-3-12-28(13-4-1)41-46-42(29-14-5-2-6-15-29)48-43(47-41)34-18-11-25-45-44(34)49-37-19-9-7-16-32(37)35-26-30(21-23-38(35)49)31-22-24-40-36(27-31)33-17-8-10-20-39(33)50-40/h1-27H. The second kappa shape index (κ2) is 11.4. The van der Waals surface area contributed by atoms with Gasteiger partial charge in [0.15, 0.2) is 17.5 Å². The van der Waals surface area contributed by atoms with Gasteiger partial charge in [-0.25, -0.2) is 19.9 Å². The number of nitrogens with zero attached hydrogens (tertiary/aromatic N) is 5. The van der Waals surface area contributed by atoms with Crippen LogP contribution in [0.1, 0.15) is 0 Å². The van der Waals surface area contributed by atoms with Crippen LogP contribution in [0.5, 0.6) is 0 Å². The van der Waals surface area contributed by atoms with Gasteiger partial charge in [0, 0.05) is 38.9 Å². The van der Waals surface area contributed by atoms with Gasteiger partial charge in [0.05, 0.1) is 16.6 Å². The normalized spacial score (nSPS) is 11.6. The molecule has 0 fully saturated rings. The van der Waals surface area contributed by atoms with Crippen LogP contribution in [-0.4, -0.2) is 24.5 Å². The molecule has 50 heavy (non-hydrogen) atoms. The van der Waals surface area contributed by atoms with Gasteiger partial charge in [-0.1, -0.05) is 109 Å². The van der Waals surface area contributed by atoms with E-state index in [4.69, 9.17) is 24.4 Å². The maximum Gasteiger partial charge on any atom is 0.167 e. The molecule has 10 rings (SSSR count). The second-order valence-electron chi connectivity index (χ2n) is 12.3. The molecule has 0 spiro atoms. The fourth-order valence-corrected chi connectivity index (χ4v) is 6.97. The Kier molecular flexibility index (Phi) is 6.39. The van der Waals surface area contributed by atoms with Gasteiger partial charge in [-0.05, 0) is 59.7 Å². The Morgan fingerprint density at radius 2 is 0.980 bits per heavy atom. The van der Waals surface area contributed by atoms with Crippen LogP contribution >= 0.6 is 0 Å². The summed E-state index contributed by atoms with van der Waals surface area (Å²) >= 11 is 0. The Morgan fingerprint density at radius 1 is 0.400 bits per heavy atom. The summed E-state index contributed by atoms with van der Waals surface area (Å²) in [5.41, 5.74) is 8.80. The molecule has 0 amide bonds. The van der Waals surface area contributed by atoms with Crippen LogP contribution in [0.25, 0.3) is 94.9 Å². The molecule has 0 saturated carbocycles. The van der Waals surface area contributed by atoms with Crippen molar-refractivity contribution in [3.05, 3.63) is 164 Å². The van der Waals surface area contributed by atoms with Crippen molar-refractivity contribution in [3.63, 3.8) is 0 Å². The van der Waals surface area contributed by atoms with Crippen molar-refractivity contribution in [1.29, 1.82) is 0 Å². The zero-order chi connectivity index (χ0) is 33.0. The number of hydrogen-bond donors (Lipinski definition) is 0. The molecule has 6 aromatic carbocycles. The number of rotatable bonds is 5. The molecule has 0 N–H and O–H groups in total. The topological polar surface area (TPSA) is 69.6 Å².